The van der Waals surface area contributed by atoms with Crippen LogP contribution in [0.4, 0.5) is 4.39 Å². The van der Waals surface area contributed by atoms with E-state index in [2.05, 4.69) is 19.8 Å². The number of benzene rings is 1. The highest BCUT2D eigenvalue weighted by molar-refractivity contribution is 7.98. The lowest BCUT2D eigenvalue weighted by Gasteiger charge is -1.97. The first-order valence-electron chi connectivity index (χ1n) is 5.72. The van der Waals surface area contributed by atoms with Crippen molar-refractivity contribution < 1.29 is 8.81 Å². The Labute approximate surface area is 122 Å². The van der Waals surface area contributed by atoms with Crippen molar-refractivity contribution in [2.75, 3.05) is 0 Å². The minimum atomic E-state index is -0.244. The smallest absolute Gasteiger partial charge is 0.277 e. The van der Waals surface area contributed by atoms with Gasteiger partial charge in [0.2, 0.25) is 0 Å². The number of thioether (sulfide) groups is 1. The minimum Gasteiger partial charge on any atom is -0.410 e. The molecule has 0 aliphatic heterocycles. The van der Waals surface area contributed by atoms with Crippen LogP contribution in [0.15, 0.2) is 33.9 Å². The molecular weight excluding hydrogens is 299 g/mol. The third kappa shape index (κ3) is 2.86. The Morgan fingerprint density at radius 2 is 2.00 bits per heavy atom. The predicted octanol–water partition coefficient (Wildman–Crippen LogP) is 3.33. The molecule has 0 amide bonds. The van der Waals surface area contributed by atoms with Crippen molar-refractivity contribution in [1.29, 1.82) is 0 Å². The highest BCUT2D eigenvalue weighted by atomic mass is 32.2. The van der Waals surface area contributed by atoms with Gasteiger partial charge in [0.25, 0.3) is 11.1 Å². The van der Waals surface area contributed by atoms with Crippen LogP contribution in [-0.2, 0) is 5.75 Å². The molecule has 0 spiro atoms. The van der Waals surface area contributed by atoms with Crippen LogP contribution in [0, 0.1) is 12.7 Å². The Bertz CT molecular complexity index is 710. The van der Waals surface area contributed by atoms with E-state index in [1.807, 2.05) is 6.92 Å². The molecule has 2 aromatic heterocycles. The summed E-state index contributed by atoms with van der Waals surface area (Å²) in [6, 6.07) is 6.33. The summed E-state index contributed by atoms with van der Waals surface area (Å²) < 4.78 is 22.2. The molecule has 2 heterocycles. The van der Waals surface area contributed by atoms with Crippen LogP contribution >= 0.6 is 23.3 Å². The molecule has 0 saturated carbocycles. The van der Waals surface area contributed by atoms with E-state index in [0.717, 1.165) is 16.1 Å². The summed E-state index contributed by atoms with van der Waals surface area (Å²) in [5.74, 6) is 0.827. The van der Waals surface area contributed by atoms with E-state index in [4.69, 9.17) is 4.42 Å². The zero-order chi connectivity index (χ0) is 13.9. The molecule has 0 aliphatic carbocycles. The topological polar surface area (TPSA) is 64.7 Å². The molecule has 0 atom stereocenters. The molecule has 0 fully saturated rings. The summed E-state index contributed by atoms with van der Waals surface area (Å²) in [6.45, 7) is 1.84. The van der Waals surface area contributed by atoms with Crippen molar-refractivity contribution >= 4 is 23.3 Å². The second kappa shape index (κ2) is 5.68. The van der Waals surface area contributed by atoms with Crippen LogP contribution in [0.2, 0.25) is 0 Å². The fourth-order valence-electron chi connectivity index (χ4n) is 1.51. The van der Waals surface area contributed by atoms with Crippen molar-refractivity contribution in [2.45, 2.75) is 17.9 Å². The van der Waals surface area contributed by atoms with Crippen molar-refractivity contribution in [3.8, 4) is 10.8 Å². The van der Waals surface area contributed by atoms with Crippen LogP contribution in [-0.4, -0.2) is 19.8 Å². The van der Waals surface area contributed by atoms with Gasteiger partial charge in [0.15, 0.2) is 0 Å². The molecule has 3 rings (SSSR count). The molecular formula is C12H9FN4OS2. The van der Waals surface area contributed by atoms with Crippen molar-refractivity contribution in [1.82, 2.24) is 19.8 Å². The van der Waals surface area contributed by atoms with Gasteiger partial charge in [-0.25, -0.2) is 4.39 Å². The largest absolute Gasteiger partial charge is 0.410 e. The van der Waals surface area contributed by atoms with Crippen LogP contribution in [0.5, 0.6) is 0 Å². The van der Waals surface area contributed by atoms with E-state index in [1.165, 1.54) is 35.4 Å². The molecule has 0 bridgehead atoms. The van der Waals surface area contributed by atoms with Crippen molar-refractivity contribution in [3.05, 3.63) is 41.3 Å². The first-order chi connectivity index (χ1) is 9.72. The van der Waals surface area contributed by atoms with Gasteiger partial charge in [0.1, 0.15) is 10.7 Å². The minimum absolute atomic E-state index is 0.244. The van der Waals surface area contributed by atoms with E-state index >= 15 is 0 Å². The number of hydrogen-bond donors (Lipinski definition) is 0. The first kappa shape index (κ1) is 13.2. The van der Waals surface area contributed by atoms with E-state index in [0.29, 0.717) is 16.9 Å². The average molecular weight is 308 g/mol. The fourth-order valence-corrected chi connectivity index (χ4v) is 2.81. The highest BCUT2D eigenvalue weighted by Crippen LogP contribution is 2.28. The number of nitrogens with zero attached hydrogens (tertiary/aromatic N) is 4. The van der Waals surface area contributed by atoms with E-state index < -0.39 is 0 Å². The number of halogens is 1. The van der Waals surface area contributed by atoms with Gasteiger partial charge in [-0.3, -0.25) is 0 Å². The number of aryl methyl sites for hydroxylation is 1. The van der Waals surface area contributed by atoms with Gasteiger partial charge >= 0.3 is 0 Å². The van der Waals surface area contributed by atoms with Gasteiger partial charge in [-0.05, 0) is 36.2 Å². The molecule has 0 saturated heterocycles. The molecule has 5 nitrogen and oxygen atoms in total. The Balaban J connectivity index is 1.69. The molecule has 8 heteroatoms. The lowest BCUT2D eigenvalue weighted by atomic mass is 10.2. The van der Waals surface area contributed by atoms with Gasteiger partial charge in [-0.15, -0.1) is 15.3 Å². The molecule has 3 aromatic rings. The molecule has 0 unspecified atom stereocenters. The van der Waals surface area contributed by atoms with Gasteiger partial charge in [-0.1, -0.05) is 28.4 Å². The molecule has 20 heavy (non-hydrogen) atoms. The lowest BCUT2D eigenvalue weighted by Crippen LogP contribution is -1.81. The summed E-state index contributed by atoms with van der Waals surface area (Å²) >= 11 is 2.63. The standard InChI is InChI=1S/C12H9FN4OS2/c1-7-10(20-17-14-7)11-15-16-12(18-11)19-6-8-2-4-9(13)5-3-8/h2-5H,6H2,1H3. The van der Waals surface area contributed by atoms with Crippen LogP contribution in [0.3, 0.4) is 0 Å². The second-order valence-electron chi connectivity index (χ2n) is 3.98. The monoisotopic (exact) mass is 308 g/mol. The molecule has 1 aromatic carbocycles. The Hall–Kier alpha value is -1.80. The zero-order valence-electron chi connectivity index (χ0n) is 10.4. The number of hydrogen-bond acceptors (Lipinski definition) is 7. The maximum Gasteiger partial charge on any atom is 0.277 e. The lowest BCUT2D eigenvalue weighted by molar-refractivity contribution is 0.466. The predicted molar refractivity (Wildman–Crippen MR) is 73.9 cm³/mol. The summed E-state index contributed by atoms with van der Waals surface area (Å²) in [5, 5.41) is 12.3. The summed E-state index contributed by atoms with van der Waals surface area (Å²) in [5.41, 5.74) is 1.76. The second-order valence-corrected chi connectivity index (χ2v) is 5.66. The molecule has 0 radical (unpaired) electrons. The SMILES string of the molecule is Cc1nnsc1-c1nnc(SCc2ccc(F)cc2)o1. The summed E-state index contributed by atoms with van der Waals surface area (Å²) in [7, 11) is 0. The summed E-state index contributed by atoms with van der Waals surface area (Å²) in [4.78, 5) is 0.783. The summed E-state index contributed by atoms with van der Waals surface area (Å²) in [6.07, 6.45) is 0. The van der Waals surface area contributed by atoms with Gasteiger partial charge < -0.3 is 4.42 Å². The normalized spacial score (nSPS) is 10.9. The van der Waals surface area contributed by atoms with Gasteiger partial charge in [-0.2, -0.15) is 0 Å². The Kier molecular flexibility index (Phi) is 3.75. The molecule has 0 aliphatic rings. The number of rotatable bonds is 4. The highest BCUT2D eigenvalue weighted by Gasteiger charge is 2.14. The molecule has 102 valence electrons. The van der Waals surface area contributed by atoms with Crippen LogP contribution in [0.25, 0.3) is 10.8 Å². The maximum atomic E-state index is 12.8. The first-order valence-corrected chi connectivity index (χ1v) is 7.48. The number of aromatic nitrogens is 4. The van der Waals surface area contributed by atoms with E-state index in [1.54, 1.807) is 12.1 Å². The quantitative estimate of drug-likeness (QED) is 0.689. The Morgan fingerprint density at radius 1 is 1.20 bits per heavy atom. The Morgan fingerprint density at radius 3 is 2.70 bits per heavy atom. The van der Waals surface area contributed by atoms with Crippen molar-refractivity contribution in [3.63, 3.8) is 0 Å². The van der Waals surface area contributed by atoms with E-state index in [-0.39, 0.29) is 5.82 Å². The maximum absolute atomic E-state index is 12.8. The van der Waals surface area contributed by atoms with Crippen LogP contribution < -0.4 is 0 Å². The zero-order valence-corrected chi connectivity index (χ0v) is 12.0. The average Bonchev–Trinajstić information content (AvgIpc) is 3.06. The van der Waals surface area contributed by atoms with Gasteiger partial charge in [0.05, 0.1) is 5.69 Å². The third-order valence-corrected chi connectivity index (χ3v) is 4.23. The van der Waals surface area contributed by atoms with Crippen LogP contribution in [0.1, 0.15) is 11.3 Å². The fraction of sp³-hybridized carbons (Fsp3) is 0.167. The van der Waals surface area contributed by atoms with Gasteiger partial charge in [0, 0.05) is 5.75 Å². The van der Waals surface area contributed by atoms with Crippen molar-refractivity contribution in [2.24, 2.45) is 0 Å². The molecule has 0 N–H and O–H groups in total. The van der Waals surface area contributed by atoms with E-state index in [9.17, 15) is 4.39 Å². The third-order valence-electron chi connectivity index (χ3n) is 2.53.